The monoisotopic (exact) mass is 288 g/mol. The molecular formula is C11H10F2N2O5. The van der Waals surface area contributed by atoms with Gasteiger partial charge in [-0.3, -0.25) is 14.9 Å². The minimum atomic E-state index is -1.38. The van der Waals surface area contributed by atoms with Crippen LogP contribution in [0.4, 0.5) is 14.5 Å². The number of carboxylic acids is 1. The summed E-state index contributed by atoms with van der Waals surface area (Å²) in [6.07, 6.45) is 0.0398. The van der Waals surface area contributed by atoms with Gasteiger partial charge in [0.05, 0.1) is 16.6 Å². The number of hydrogen-bond donors (Lipinski definition) is 2. The highest BCUT2D eigenvalue weighted by molar-refractivity contribution is 5.97. The number of carbonyl (C=O) groups is 2. The number of hydrogen-bond acceptors (Lipinski definition) is 4. The normalized spacial score (nSPS) is 11.8. The molecule has 1 rings (SSSR count). The van der Waals surface area contributed by atoms with Gasteiger partial charge in [0.2, 0.25) is 5.82 Å². The lowest BCUT2D eigenvalue weighted by Crippen LogP contribution is -2.40. The number of benzene rings is 1. The number of aliphatic carboxylic acids is 1. The zero-order valence-electron chi connectivity index (χ0n) is 10.2. The predicted octanol–water partition coefficient (Wildman–Crippen LogP) is 1.47. The van der Waals surface area contributed by atoms with Crippen LogP contribution in [0.25, 0.3) is 0 Å². The Labute approximate surface area is 111 Å². The van der Waals surface area contributed by atoms with Gasteiger partial charge in [-0.25, -0.2) is 9.18 Å². The van der Waals surface area contributed by atoms with Crippen LogP contribution in [-0.4, -0.2) is 27.9 Å². The molecule has 1 atom stereocenters. The van der Waals surface area contributed by atoms with Gasteiger partial charge in [0.15, 0.2) is 0 Å². The van der Waals surface area contributed by atoms with Crippen molar-refractivity contribution >= 4 is 17.6 Å². The number of nitro benzene ring substituents is 1. The lowest BCUT2D eigenvalue weighted by atomic mass is 10.1. The molecule has 0 saturated heterocycles. The highest BCUT2D eigenvalue weighted by atomic mass is 19.1. The molecule has 0 bridgehead atoms. The Balaban J connectivity index is 3.08. The summed E-state index contributed by atoms with van der Waals surface area (Å²) >= 11 is 0. The van der Waals surface area contributed by atoms with Gasteiger partial charge in [-0.05, 0) is 12.5 Å². The molecule has 0 saturated carbocycles. The molecular weight excluding hydrogens is 278 g/mol. The van der Waals surface area contributed by atoms with E-state index in [1.54, 1.807) is 0 Å². The fourth-order valence-corrected chi connectivity index (χ4v) is 1.42. The standard InChI is InChI=1S/C11H10F2N2O5/c1-2-8(11(17)18)14-10(16)5-3-7(13)9(15(19)20)4-6(5)12/h3-4,8H,2H2,1H3,(H,14,16)(H,17,18). The molecule has 20 heavy (non-hydrogen) atoms. The summed E-state index contributed by atoms with van der Waals surface area (Å²) in [6.45, 7) is 1.48. The van der Waals surface area contributed by atoms with E-state index in [0.29, 0.717) is 6.07 Å². The number of amides is 1. The van der Waals surface area contributed by atoms with E-state index >= 15 is 0 Å². The van der Waals surface area contributed by atoms with Crippen LogP contribution < -0.4 is 5.32 Å². The molecule has 1 aromatic carbocycles. The zero-order chi connectivity index (χ0) is 15.4. The maximum absolute atomic E-state index is 13.5. The van der Waals surface area contributed by atoms with Crippen LogP contribution in [0.5, 0.6) is 0 Å². The van der Waals surface area contributed by atoms with Crippen molar-refractivity contribution in [2.75, 3.05) is 0 Å². The van der Waals surface area contributed by atoms with Crippen LogP contribution in [0.3, 0.4) is 0 Å². The highest BCUT2D eigenvalue weighted by Gasteiger charge is 2.24. The number of carboxylic acid groups (broad SMARTS) is 1. The first-order valence-corrected chi connectivity index (χ1v) is 5.45. The summed E-state index contributed by atoms with van der Waals surface area (Å²) in [5.74, 6) is -5.19. The van der Waals surface area contributed by atoms with E-state index in [0.717, 1.165) is 0 Å². The summed E-state index contributed by atoms with van der Waals surface area (Å²) in [5.41, 5.74) is -1.91. The average molecular weight is 288 g/mol. The highest BCUT2D eigenvalue weighted by Crippen LogP contribution is 2.21. The van der Waals surface area contributed by atoms with Crippen molar-refractivity contribution in [2.24, 2.45) is 0 Å². The molecule has 0 heterocycles. The number of rotatable bonds is 5. The van der Waals surface area contributed by atoms with Crippen molar-refractivity contribution in [3.63, 3.8) is 0 Å². The maximum Gasteiger partial charge on any atom is 0.326 e. The van der Waals surface area contributed by atoms with Gasteiger partial charge in [-0.15, -0.1) is 0 Å². The molecule has 1 amide bonds. The summed E-state index contributed by atoms with van der Waals surface area (Å²) in [5, 5.41) is 21.1. The lowest BCUT2D eigenvalue weighted by Gasteiger charge is -2.12. The van der Waals surface area contributed by atoms with Crippen molar-refractivity contribution in [2.45, 2.75) is 19.4 Å². The van der Waals surface area contributed by atoms with Crippen molar-refractivity contribution in [1.82, 2.24) is 5.32 Å². The smallest absolute Gasteiger partial charge is 0.326 e. The summed E-state index contributed by atoms with van der Waals surface area (Å²) in [4.78, 5) is 31.6. The molecule has 9 heteroatoms. The fourth-order valence-electron chi connectivity index (χ4n) is 1.42. The second kappa shape index (κ2) is 6.04. The predicted molar refractivity (Wildman–Crippen MR) is 62.2 cm³/mol. The van der Waals surface area contributed by atoms with E-state index in [4.69, 9.17) is 5.11 Å². The van der Waals surface area contributed by atoms with Crippen molar-refractivity contribution in [3.8, 4) is 0 Å². The first-order valence-electron chi connectivity index (χ1n) is 5.45. The SMILES string of the molecule is CCC(NC(=O)c1cc(F)c([N+](=O)[O-])cc1F)C(=O)O. The average Bonchev–Trinajstić information content (AvgIpc) is 2.37. The second-order valence-corrected chi connectivity index (χ2v) is 3.81. The number of carbonyl (C=O) groups excluding carboxylic acids is 1. The topological polar surface area (TPSA) is 110 Å². The van der Waals surface area contributed by atoms with Crippen LogP contribution >= 0.6 is 0 Å². The van der Waals surface area contributed by atoms with E-state index in [-0.39, 0.29) is 12.5 Å². The van der Waals surface area contributed by atoms with Gasteiger partial charge in [0.1, 0.15) is 11.9 Å². The summed E-state index contributed by atoms with van der Waals surface area (Å²) in [6, 6.07) is -0.635. The Hall–Kier alpha value is -2.58. The van der Waals surface area contributed by atoms with Gasteiger partial charge >= 0.3 is 11.7 Å². The Bertz CT molecular complexity index is 576. The lowest BCUT2D eigenvalue weighted by molar-refractivity contribution is -0.387. The Morgan fingerprint density at radius 3 is 2.45 bits per heavy atom. The van der Waals surface area contributed by atoms with Crippen LogP contribution in [0.15, 0.2) is 12.1 Å². The molecule has 108 valence electrons. The molecule has 1 unspecified atom stereocenters. The number of nitrogens with zero attached hydrogens (tertiary/aromatic N) is 1. The van der Waals surface area contributed by atoms with E-state index in [2.05, 4.69) is 0 Å². The number of nitro groups is 1. The third-order valence-electron chi connectivity index (χ3n) is 2.49. The van der Waals surface area contributed by atoms with E-state index in [9.17, 15) is 28.5 Å². The van der Waals surface area contributed by atoms with Crippen LogP contribution in [0, 0.1) is 21.7 Å². The Morgan fingerprint density at radius 2 is 2.00 bits per heavy atom. The molecule has 0 fully saturated rings. The zero-order valence-corrected chi connectivity index (χ0v) is 10.2. The molecule has 2 N–H and O–H groups in total. The van der Waals surface area contributed by atoms with Gasteiger partial charge in [-0.2, -0.15) is 4.39 Å². The van der Waals surface area contributed by atoms with Crippen LogP contribution in [0.2, 0.25) is 0 Å². The van der Waals surface area contributed by atoms with Crippen molar-refractivity contribution in [1.29, 1.82) is 0 Å². The molecule has 0 spiro atoms. The van der Waals surface area contributed by atoms with Crippen molar-refractivity contribution < 1.29 is 28.4 Å². The third kappa shape index (κ3) is 3.25. The number of halogens is 2. The minimum Gasteiger partial charge on any atom is -0.480 e. The van der Waals surface area contributed by atoms with Crippen LogP contribution in [-0.2, 0) is 4.79 Å². The van der Waals surface area contributed by atoms with Gasteiger partial charge in [0, 0.05) is 0 Å². The van der Waals surface area contributed by atoms with Gasteiger partial charge in [0.25, 0.3) is 5.91 Å². The summed E-state index contributed by atoms with van der Waals surface area (Å²) < 4.78 is 26.8. The molecule has 1 aromatic rings. The molecule has 0 radical (unpaired) electrons. The fraction of sp³-hybridized carbons (Fsp3) is 0.273. The molecule has 0 aliphatic heterocycles. The molecule has 7 nitrogen and oxygen atoms in total. The number of nitrogens with one attached hydrogen (secondary N) is 1. The van der Waals surface area contributed by atoms with E-state index in [1.807, 2.05) is 5.32 Å². The largest absolute Gasteiger partial charge is 0.480 e. The van der Waals surface area contributed by atoms with Gasteiger partial charge < -0.3 is 10.4 Å². The van der Waals surface area contributed by atoms with Crippen LogP contribution in [0.1, 0.15) is 23.7 Å². The van der Waals surface area contributed by atoms with E-state index in [1.165, 1.54) is 6.92 Å². The van der Waals surface area contributed by atoms with E-state index < -0.39 is 45.7 Å². The summed E-state index contributed by atoms with van der Waals surface area (Å²) in [7, 11) is 0. The van der Waals surface area contributed by atoms with Gasteiger partial charge in [-0.1, -0.05) is 6.92 Å². The quantitative estimate of drug-likeness (QED) is 0.629. The first kappa shape index (κ1) is 15.5. The molecule has 0 aromatic heterocycles. The second-order valence-electron chi connectivity index (χ2n) is 3.81. The Morgan fingerprint density at radius 1 is 1.40 bits per heavy atom. The molecule has 0 aliphatic carbocycles. The first-order chi connectivity index (χ1) is 9.27. The molecule has 0 aliphatic rings. The maximum atomic E-state index is 13.5. The van der Waals surface area contributed by atoms with Crippen molar-refractivity contribution in [3.05, 3.63) is 39.4 Å². The Kier molecular flexibility index (Phi) is 4.68. The third-order valence-corrected chi connectivity index (χ3v) is 2.49. The minimum absolute atomic E-state index is 0.0398.